The molecule has 0 saturated carbocycles. The number of amides is 1. The number of hydrogen-bond acceptors (Lipinski definition) is 2. The van der Waals surface area contributed by atoms with E-state index in [4.69, 9.17) is 4.74 Å². The minimum atomic E-state index is -0.383. The minimum absolute atomic E-state index is 0.000852. The number of hydrogen-bond donors (Lipinski definition) is 1. The zero-order chi connectivity index (χ0) is 16.8. The maximum atomic E-state index is 11.9. The van der Waals surface area contributed by atoms with Crippen LogP contribution in [0.2, 0.25) is 0 Å². The first kappa shape index (κ1) is 16.1. The van der Waals surface area contributed by atoms with Crippen molar-refractivity contribution in [2.24, 2.45) is 0 Å². The van der Waals surface area contributed by atoms with Crippen LogP contribution in [0.15, 0.2) is 72.8 Å². The second kappa shape index (κ2) is 7.64. The Hall–Kier alpha value is -2.81. The smallest absolute Gasteiger partial charge is 0.407 e. The predicted octanol–water partition coefficient (Wildman–Crippen LogP) is 4.70. The fourth-order valence-corrected chi connectivity index (χ4v) is 2.82. The average Bonchev–Trinajstić information content (AvgIpc) is 2.61. The summed E-state index contributed by atoms with van der Waals surface area (Å²) >= 11 is 0. The summed E-state index contributed by atoms with van der Waals surface area (Å²) in [5.74, 6) is 0. The van der Waals surface area contributed by atoms with E-state index in [0.29, 0.717) is 0 Å². The molecule has 3 aromatic rings. The Kier molecular flexibility index (Phi) is 5.12. The molecule has 1 atom stereocenters. The molecule has 0 fully saturated rings. The van der Waals surface area contributed by atoms with Gasteiger partial charge in [0.2, 0.25) is 0 Å². The Morgan fingerprint density at radius 2 is 1.67 bits per heavy atom. The quantitative estimate of drug-likeness (QED) is 0.740. The van der Waals surface area contributed by atoms with E-state index >= 15 is 0 Å². The molecular formula is C21H21NO2. The van der Waals surface area contributed by atoms with Gasteiger partial charge in [-0.3, -0.25) is 0 Å². The molecule has 0 spiro atoms. The molecule has 122 valence electrons. The molecule has 3 heteroatoms. The lowest BCUT2D eigenvalue weighted by Gasteiger charge is -2.15. The Labute approximate surface area is 142 Å². The molecule has 1 amide bonds. The molecule has 0 aliphatic rings. The largest absolute Gasteiger partial charge is 0.445 e. The first-order chi connectivity index (χ1) is 11.7. The van der Waals surface area contributed by atoms with Crippen LogP contribution >= 0.6 is 0 Å². The van der Waals surface area contributed by atoms with Crippen LogP contribution in [0, 0.1) is 0 Å². The number of rotatable bonds is 5. The average molecular weight is 319 g/mol. The van der Waals surface area contributed by atoms with E-state index in [1.807, 2.05) is 49.4 Å². The van der Waals surface area contributed by atoms with Gasteiger partial charge < -0.3 is 10.1 Å². The zero-order valence-corrected chi connectivity index (χ0v) is 13.7. The molecule has 0 aliphatic heterocycles. The van der Waals surface area contributed by atoms with Crippen molar-refractivity contribution in [1.29, 1.82) is 0 Å². The van der Waals surface area contributed by atoms with Gasteiger partial charge in [0.1, 0.15) is 6.61 Å². The molecule has 0 aromatic heterocycles. The summed E-state index contributed by atoms with van der Waals surface area (Å²) in [5, 5.41) is 5.35. The molecular weight excluding hydrogens is 298 g/mol. The van der Waals surface area contributed by atoms with Gasteiger partial charge >= 0.3 is 6.09 Å². The highest BCUT2D eigenvalue weighted by atomic mass is 16.5. The molecule has 1 unspecified atom stereocenters. The fraction of sp³-hybridized carbons (Fsp3) is 0.190. The van der Waals surface area contributed by atoms with Gasteiger partial charge in [-0.05, 0) is 35.2 Å². The van der Waals surface area contributed by atoms with Gasteiger partial charge in [-0.25, -0.2) is 4.79 Å². The summed E-state index contributed by atoms with van der Waals surface area (Å²) in [6.45, 7) is 2.28. The topological polar surface area (TPSA) is 38.3 Å². The highest BCUT2D eigenvalue weighted by Crippen LogP contribution is 2.19. The first-order valence-corrected chi connectivity index (χ1v) is 8.16. The van der Waals surface area contributed by atoms with Crippen molar-refractivity contribution < 1.29 is 9.53 Å². The van der Waals surface area contributed by atoms with Gasteiger partial charge in [-0.15, -0.1) is 0 Å². The van der Waals surface area contributed by atoms with Crippen LogP contribution in [0.25, 0.3) is 10.8 Å². The molecule has 3 rings (SSSR count). The van der Waals surface area contributed by atoms with Gasteiger partial charge in [0.15, 0.2) is 0 Å². The minimum Gasteiger partial charge on any atom is -0.445 e. The number of benzene rings is 3. The van der Waals surface area contributed by atoms with Gasteiger partial charge in [0.05, 0.1) is 0 Å². The van der Waals surface area contributed by atoms with E-state index in [-0.39, 0.29) is 18.7 Å². The van der Waals surface area contributed by atoms with Crippen molar-refractivity contribution in [3.63, 3.8) is 0 Å². The molecule has 24 heavy (non-hydrogen) atoms. The molecule has 0 radical (unpaired) electrons. The Balaban J connectivity index is 1.56. The second-order valence-electron chi connectivity index (χ2n) is 5.95. The van der Waals surface area contributed by atoms with E-state index in [1.165, 1.54) is 16.3 Å². The first-order valence-electron chi connectivity index (χ1n) is 8.16. The van der Waals surface area contributed by atoms with E-state index in [0.717, 1.165) is 12.0 Å². The third-order valence-corrected chi connectivity index (χ3v) is 3.98. The normalized spacial score (nSPS) is 11.9. The van der Waals surface area contributed by atoms with E-state index < -0.39 is 0 Å². The maximum absolute atomic E-state index is 11.9. The summed E-state index contributed by atoms with van der Waals surface area (Å²) in [6, 6.07) is 24.2. The number of carbonyl (C=O) groups excluding carboxylic acids is 1. The monoisotopic (exact) mass is 319 g/mol. The van der Waals surface area contributed by atoms with Crippen molar-refractivity contribution >= 4 is 16.9 Å². The number of ether oxygens (including phenoxy) is 1. The number of nitrogens with one attached hydrogen (secondary N) is 1. The standard InChI is InChI=1S/C21H21NO2/c1-16(22-21(23)24-15-17-8-3-2-4-9-17)14-19-12-7-11-18-10-5-6-13-20(18)19/h2-13,16H,14-15H2,1H3,(H,22,23). The molecule has 1 N–H and O–H groups in total. The molecule has 0 bridgehead atoms. The summed E-state index contributed by atoms with van der Waals surface area (Å²) in [5.41, 5.74) is 2.21. The lowest BCUT2D eigenvalue weighted by Crippen LogP contribution is -2.34. The van der Waals surface area contributed by atoms with E-state index in [9.17, 15) is 4.79 Å². The zero-order valence-electron chi connectivity index (χ0n) is 13.7. The summed E-state index contributed by atoms with van der Waals surface area (Å²) in [4.78, 5) is 11.9. The van der Waals surface area contributed by atoms with Crippen LogP contribution in [0.4, 0.5) is 4.79 Å². The molecule has 3 nitrogen and oxygen atoms in total. The van der Waals surface area contributed by atoms with Crippen molar-refractivity contribution in [2.75, 3.05) is 0 Å². The summed E-state index contributed by atoms with van der Waals surface area (Å²) < 4.78 is 5.27. The van der Waals surface area contributed by atoms with Crippen molar-refractivity contribution in [3.8, 4) is 0 Å². The summed E-state index contributed by atoms with van der Waals surface area (Å²) in [6.07, 6.45) is 0.383. The maximum Gasteiger partial charge on any atom is 0.407 e. The molecule has 3 aromatic carbocycles. The van der Waals surface area contributed by atoms with Crippen LogP contribution in [-0.4, -0.2) is 12.1 Å². The number of fused-ring (bicyclic) bond motifs is 1. The Morgan fingerprint density at radius 3 is 2.50 bits per heavy atom. The lowest BCUT2D eigenvalue weighted by atomic mass is 9.99. The molecule has 0 heterocycles. The van der Waals surface area contributed by atoms with Crippen LogP contribution in [0.1, 0.15) is 18.1 Å². The van der Waals surface area contributed by atoms with Crippen LogP contribution in [0.5, 0.6) is 0 Å². The van der Waals surface area contributed by atoms with Crippen molar-refractivity contribution in [1.82, 2.24) is 5.32 Å². The SMILES string of the molecule is CC(Cc1cccc2ccccc12)NC(=O)OCc1ccccc1. The summed E-state index contributed by atoms with van der Waals surface area (Å²) in [7, 11) is 0. The van der Waals surface area contributed by atoms with Gasteiger partial charge in [0.25, 0.3) is 0 Å². The van der Waals surface area contributed by atoms with Gasteiger partial charge in [0, 0.05) is 6.04 Å². The third-order valence-electron chi connectivity index (χ3n) is 3.98. The third kappa shape index (κ3) is 4.13. The van der Waals surface area contributed by atoms with Crippen LogP contribution < -0.4 is 5.32 Å². The molecule has 0 saturated heterocycles. The number of alkyl carbamates (subject to hydrolysis) is 1. The van der Waals surface area contributed by atoms with Crippen molar-refractivity contribution in [2.45, 2.75) is 26.0 Å². The van der Waals surface area contributed by atoms with Gasteiger partial charge in [-0.1, -0.05) is 72.8 Å². The van der Waals surface area contributed by atoms with E-state index in [2.05, 4.69) is 35.6 Å². The van der Waals surface area contributed by atoms with Crippen LogP contribution in [0.3, 0.4) is 0 Å². The number of carbonyl (C=O) groups is 1. The van der Waals surface area contributed by atoms with Crippen LogP contribution in [-0.2, 0) is 17.8 Å². The predicted molar refractivity (Wildman–Crippen MR) is 96.9 cm³/mol. The van der Waals surface area contributed by atoms with E-state index in [1.54, 1.807) is 0 Å². The van der Waals surface area contributed by atoms with Crippen molar-refractivity contribution in [3.05, 3.63) is 83.9 Å². The van der Waals surface area contributed by atoms with Gasteiger partial charge in [-0.2, -0.15) is 0 Å². The highest BCUT2D eigenvalue weighted by Gasteiger charge is 2.11. The highest BCUT2D eigenvalue weighted by molar-refractivity contribution is 5.85. The fourth-order valence-electron chi connectivity index (χ4n) is 2.82. The second-order valence-corrected chi connectivity index (χ2v) is 5.95. The molecule has 0 aliphatic carbocycles. The lowest BCUT2D eigenvalue weighted by molar-refractivity contribution is 0.136. The Morgan fingerprint density at radius 1 is 0.958 bits per heavy atom. The Bertz CT molecular complexity index is 809.